The number of aromatic nitrogens is 1. The molecule has 1 atom stereocenters. The summed E-state index contributed by atoms with van der Waals surface area (Å²) in [6.45, 7) is 6.89. The summed E-state index contributed by atoms with van der Waals surface area (Å²) in [5.41, 5.74) is 2.29. The molecule has 4 heteroatoms. The zero-order valence-corrected chi connectivity index (χ0v) is 13.3. The largest absolute Gasteiger partial charge is 0.315 e. The van der Waals surface area contributed by atoms with Gasteiger partial charge in [-0.1, -0.05) is 26.7 Å². The zero-order valence-electron chi connectivity index (χ0n) is 12.5. The predicted molar refractivity (Wildman–Crippen MR) is 82.8 cm³/mol. The molecule has 0 saturated heterocycles. The summed E-state index contributed by atoms with van der Waals surface area (Å²) in [6.07, 6.45) is 8.55. The van der Waals surface area contributed by atoms with E-state index in [9.17, 15) is 0 Å². The summed E-state index contributed by atoms with van der Waals surface area (Å²) in [5.74, 6) is 0. The first-order valence-electron chi connectivity index (χ1n) is 7.56. The number of nitrogens with zero attached hydrogens (tertiary/aromatic N) is 2. The Kier molecular flexibility index (Phi) is 5.37. The minimum atomic E-state index is 0.349. The molecule has 0 amide bonds. The maximum Gasteiger partial charge on any atom is 0.0794 e. The number of thiazole rings is 1. The fourth-order valence-corrected chi connectivity index (χ4v) is 4.47. The van der Waals surface area contributed by atoms with E-state index >= 15 is 0 Å². The maximum atomic E-state index is 4.22. The number of rotatable bonds is 7. The normalized spacial score (nSPS) is 20.0. The maximum absolute atomic E-state index is 4.22. The van der Waals surface area contributed by atoms with Crippen molar-refractivity contribution in [2.75, 3.05) is 20.1 Å². The molecule has 1 fully saturated rings. The summed E-state index contributed by atoms with van der Waals surface area (Å²) in [5, 5.41) is 3.61. The molecule has 0 aromatic carbocycles. The van der Waals surface area contributed by atoms with Crippen LogP contribution in [0.25, 0.3) is 0 Å². The van der Waals surface area contributed by atoms with Crippen molar-refractivity contribution in [3.05, 3.63) is 16.6 Å². The molecule has 3 nitrogen and oxygen atoms in total. The van der Waals surface area contributed by atoms with E-state index in [2.05, 4.69) is 36.1 Å². The van der Waals surface area contributed by atoms with Crippen molar-refractivity contribution in [1.29, 1.82) is 0 Å². The highest BCUT2D eigenvalue weighted by atomic mass is 32.1. The highest BCUT2D eigenvalue weighted by Gasteiger charge is 2.44. The molecule has 1 aliphatic rings. The van der Waals surface area contributed by atoms with E-state index in [0.29, 0.717) is 11.6 Å². The fourth-order valence-electron chi connectivity index (χ4n) is 3.83. The van der Waals surface area contributed by atoms with Gasteiger partial charge < -0.3 is 5.32 Å². The van der Waals surface area contributed by atoms with Gasteiger partial charge in [0.2, 0.25) is 0 Å². The topological polar surface area (TPSA) is 28.2 Å². The van der Waals surface area contributed by atoms with E-state index in [0.717, 1.165) is 19.5 Å². The van der Waals surface area contributed by atoms with Crippen LogP contribution in [0.5, 0.6) is 0 Å². The van der Waals surface area contributed by atoms with E-state index in [-0.39, 0.29) is 0 Å². The number of nitrogens with one attached hydrogen (secondary N) is 1. The SMILES string of the molecule is CCN(CC)C1(C(Cc2cncs2)NC)CCCC1. The lowest BCUT2D eigenvalue weighted by atomic mass is 9.83. The molecular weight excluding hydrogens is 254 g/mol. The summed E-state index contributed by atoms with van der Waals surface area (Å²) in [4.78, 5) is 8.30. The zero-order chi connectivity index (χ0) is 13.7. The Morgan fingerprint density at radius 3 is 2.53 bits per heavy atom. The summed E-state index contributed by atoms with van der Waals surface area (Å²) in [6, 6.07) is 0.537. The average molecular weight is 281 g/mol. The molecule has 2 rings (SSSR count). The Morgan fingerprint density at radius 2 is 2.05 bits per heavy atom. The van der Waals surface area contributed by atoms with Crippen molar-refractivity contribution in [2.45, 2.75) is 57.5 Å². The van der Waals surface area contributed by atoms with Gasteiger partial charge in [0.1, 0.15) is 0 Å². The minimum Gasteiger partial charge on any atom is -0.315 e. The van der Waals surface area contributed by atoms with Crippen LogP contribution < -0.4 is 5.32 Å². The minimum absolute atomic E-state index is 0.349. The summed E-state index contributed by atoms with van der Waals surface area (Å²) < 4.78 is 0. The van der Waals surface area contributed by atoms with Gasteiger partial charge in [0.15, 0.2) is 0 Å². The first kappa shape index (κ1) is 14.9. The van der Waals surface area contributed by atoms with Crippen LogP contribution in [0.2, 0.25) is 0 Å². The van der Waals surface area contributed by atoms with Crippen LogP contribution in [0, 0.1) is 0 Å². The molecule has 1 aliphatic carbocycles. The van der Waals surface area contributed by atoms with Crippen molar-refractivity contribution >= 4 is 11.3 Å². The van der Waals surface area contributed by atoms with Gasteiger partial charge in [-0.2, -0.15) is 0 Å². The van der Waals surface area contributed by atoms with Crippen LogP contribution >= 0.6 is 11.3 Å². The summed E-state index contributed by atoms with van der Waals surface area (Å²) in [7, 11) is 2.12. The van der Waals surface area contributed by atoms with Crippen LogP contribution in [0.15, 0.2) is 11.7 Å². The van der Waals surface area contributed by atoms with E-state index < -0.39 is 0 Å². The predicted octanol–water partition coefficient (Wildman–Crippen LogP) is 2.93. The van der Waals surface area contributed by atoms with Gasteiger partial charge in [0.25, 0.3) is 0 Å². The van der Waals surface area contributed by atoms with E-state index in [1.165, 1.54) is 30.6 Å². The Morgan fingerprint density at radius 1 is 1.37 bits per heavy atom. The molecule has 19 heavy (non-hydrogen) atoms. The molecule has 0 radical (unpaired) electrons. The monoisotopic (exact) mass is 281 g/mol. The second-order valence-corrected chi connectivity index (χ2v) is 6.47. The Bertz CT molecular complexity index is 353. The lowest BCUT2D eigenvalue weighted by Gasteiger charge is -2.46. The molecule has 0 bridgehead atoms. The van der Waals surface area contributed by atoms with Crippen LogP contribution in [0.4, 0.5) is 0 Å². The van der Waals surface area contributed by atoms with Crippen LogP contribution in [-0.4, -0.2) is 41.6 Å². The van der Waals surface area contributed by atoms with Gasteiger partial charge in [-0.05, 0) is 33.0 Å². The first-order valence-corrected chi connectivity index (χ1v) is 8.44. The van der Waals surface area contributed by atoms with Crippen molar-refractivity contribution in [1.82, 2.24) is 15.2 Å². The molecule has 1 unspecified atom stereocenters. The molecule has 1 N–H and O–H groups in total. The smallest absolute Gasteiger partial charge is 0.0794 e. The average Bonchev–Trinajstić information content (AvgIpc) is 3.09. The molecule has 0 spiro atoms. The van der Waals surface area contributed by atoms with E-state index in [4.69, 9.17) is 0 Å². The lowest BCUT2D eigenvalue weighted by molar-refractivity contribution is 0.0661. The second kappa shape index (κ2) is 6.82. The van der Waals surface area contributed by atoms with Crippen LogP contribution in [0.3, 0.4) is 0 Å². The summed E-state index contributed by atoms with van der Waals surface area (Å²) >= 11 is 1.78. The van der Waals surface area contributed by atoms with E-state index in [1.807, 2.05) is 11.7 Å². The van der Waals surface area contributed by atoms with Gasteiger partial charge in [-0.15, -0.1) is 11.3 Å². The third-order valence-electron chi connectivity index (χ3n) is 4.75. The standard InChI is InChI=1S/C15H27N3S/c1-4-18(5-2)15(8-6-7-9-15)14(16-3)10-13-11-17-12-19-13/h11-12,14,16H,4-10H2,1-3H3. The Hall–Kier alpha value is -0.450. The molecule has 108 valence electrons. The van der Waals surface area contributed by atoms with Gasteiger partial charge in [0.05, 0.1) is 5.51 Å². The number of hydrogen-bond acceptors (Lipinski definition) is 4. The number of likely N-dealkylation sites (N-methyl/N-ethyl adjacent to an activating group) is 2. The van der Waals surface area contributed by atoms with Crippen molar-refractivity contribution in [3.8, 4) is 0 Å². The highest BCUT2D eigenvalue weighted by Crippen LogP contribution is 2.39. The van der Waals surface area contributed by atoms with Crippen molar-refractivity contribution in [2.24, 2.45) is 0 Å². The van der Waals surface area contributed by atoms with Gasteiger partial charge >= 0.3 is 0 Å². The second-order valence-electron chi connectivity index (χ2n) is 5.50. The quantitative estimate of drug-likeness (QED) is 0.833. The lowest BCUT2D eigenvalue weighted by Crippen LogP contribution is -2.60. The molecule has 1 aromatic rings. The molecule has 1 saturated carbocycles. The third kappa shape index (κ3) is 3.01. The van der Waals surface area contributed by atoms with Gasteiger partial charge in [-0.3, -0.25) is 9.88 Å². The molecule has 1 aromatic heterocycles. The van der Waals surface area contributed by atoms with Crippen LogP contribution in [0.1, 0.15) is 44.4 Å². The number of hydrogen-bond donors (Lipinski definition) is 1. The molecule has 1 heterocycles. The van der Waals surface area contributed by atoms with Crippen molar-refractivity contribution in [3.63, 3.8) is 0 Å². The fraction of sp³-hybridized carbons (Fsp3) is 0.800. The van der Waals surface area contributed by atoms with Crippen molar-refractivity contribution < 1.29 is 0 Å². The van der Waals surface area contributed by atoms with Gasteiger partial charge in [-0.25, -0.2) is 0 Å². The first-order chi connectivity index (χ1) is 9.26. The van der Waals surface area contributed by atoms with Gasteiger partial charge in [0, 0.05) is 29.1 Å². The molecular formula is C15H27N3S. The van der Waals surface area contributed by atoms with E-state index in [1.54, 1.807) is 11.3 Å². The Balaban J connectivity index is 2.20. The highest BCUT2D eigenvalue weighted by molar-refractivity contribution is 7.09. The Labute approximate surface area is 121 Å². The van der Waals surface area contributed by atoms with Crippen LogP contribution in [-0.2, 0) is 6.42 Å². The molecule has 0 aliphatic heterocycles. The third-order valence-corrected chi connectivity index (χ3v) is 5.55.